The molecule has 0 unspecified atom stereocenters. The summed E-state index contributed by atoms with van der Waals surface area (Å²) in [5, 5.41) is 19.3. The number of hydrogen-bond donors (Lipinski definition) is 1. The zero-order valence-corrected chi connectivity index (χ0v) is 13.0. The number of hydrogen-bond acceptors (Lipinski definition) is 5. The molecule has 1 fully saturated rings. The van der Waals surface area contributed by atoms with Gasteiger partial charge in [0.2, 0.25) is 0 Å². The number of aliphatic hydroxyl groups excluding tert-OH is 1. The molecule has 1 saturated heterocycles. The van der Waals surface area contributed by atoms with E-state index in [1.807, 2.05) is 36.4 Å². The van der Waals surface area contributed by atoms with Crippen LogP contribution in [0.1, 0.15) is 17.2 Å². The Morgan fingerprint density at radius 3 is 2.57 bits per heavy atom. The van der Waals surface area contributed by atoms with Gasteiger partial charge in [-0.15, -0.1) is 0 Å². The van der Waals surface area contributed by atoms with E-state index < -0.39 is 6.10 Å². The maximum Gasteiger partial charge on any atom is 0.129 e. The number of rotatable bonds is 4. The van der Waals surface area contributed by atoms with Gasteiger partial charge in [0.05, 0.1) is 17.7 Å². The van der Waals surface area contributed by atoms with Crippen molar-refractivity contribution in [2.75, 3.05) is 37.6 Å². The Kier molecular flexibility index (Phi) is 4.86. The second-order valence-electron chi connectivity index (χ2n) is 5.73. The van der Waals surface area contributed by atoms with E-state index in [-0.39, 0.29) is 0 Å². The first-order valence-corrected chi connectivity index (χ1v) is 7.83. The minimum atomic E-state index is -0.456. The van der Waals surface area contributed by atoms with E-state index in [9.17, 15) is 5.11 Å². The molecule has 5 heteroatoms. The van der Waals surface area contributed by atoms with Crippen molar-refractivity contribution < 1.29 is 5.11 Å². The number of aromatic nitrogens is 1. The van der Waals surface area contributed by atoms with Gasteiger partial charge in [-0.05, 0) is 17.7 Å². The van der Waals surface area contributed by atoms with Gasteiger partial charge in [0, 0.05) is 38.9 Å². The maximum atomic E-state index is 10.3. The van der Waals surface area contributed by atoms with Gasteiger partial charge in [0.25, 0.3) is 0 Å². The van der Waals surface area contributed by atoms with Crippen molar-refractivity contribution in [1.82, 2.24) is 9.88 Å². The molecule has 1 aliphatic heterocycles. The fourth-order valence-electron chi connectivity index (χ4n) is 2.85. The largest absolute Gasteiger partial charge is 0.387 e. The number of anilines is 1. The molecule has 0 amide bonds. The van der Waals surface area contributed by atoms with Gasteiger partial charge in [-0.3, -0.25) is 4.90 Å². The Morgan fingerprint density at radius 2 is 1.87 bits per heavy atom. The highest BCUT2D eigenvalue weighted by molar-refractivity contribution is 5.45. The summed E-state index contributed by atoms with van der Waals surface area (Å²) in [6.07, 6.45) is 1.22. The number of piperazine rings is 1. The van der Waals surface area contributed by atoms with Gasteiger partial charge in [0.1, 0.15) is 5.82 Å². The molecule has 118 valence electrons. The van der Waals surface area contributed by atoms with Crippen molar-refractivity contribution in [3.8, 4) is 6.07 Å². The fourth-order valence-corrected chi connectivity index (χ4v) is 2.85. The number of β-amino-alcohol motifs (C(OH)–C–C–N with tert-alkyl or cyclic N) is 1. The molecular formula is C18H20N4O. The van der Waals surface area contributed by atoms with Crippen LogP contribution in [0.25, 0.3) is 0 Å². The van der Waals surface area contributed by atoms with E-state index in [4.69, 9.17) is 5.26 Å². The second kappa shape index (κ2) is 7.23. The zero-order valence-electron chi connectivity index (χ0n) is 13.0. The molecule has 0 bridgehead atoms. The van der Waals surface area contributed by atoms with Crippen LogP contribution in [0.15, 0.2) is 48.7 Å². The summed E-state index contributed by atoms with van der Waals surface area (Å²) >= 11 is 0. The molecule has 2 heterocycles. The van der Waals surface area contributed by atoms with Crippen molar-refractivity contribution in [2.24, 2.45) is 0 Å². The van der Waals surface area contributed by atoms with Gasteiger partial charge < -0.3 is 10.0 Å². The Morgan fingerprint density at radius 1 is 1.13 bits per heavy atom. The van der Waals surface area contributed by atoms with Crippen LogP contribution in [-0.2, 0) is 0 Å². The van der Waals surface area contributed by atoms with Gasteiger partial charge >= 0.3 is 0 Å². The molecule has 1 aromatic carbocycles. The Balaban J connectivity index is 1.55. The predicted molar refractivity (Wildman–Crippen MR) is 89.0 cm³/mol. The van der Waals surface area contributed by atoms with Crippen molar-refractivity contribution in [3.05, 3.63) is 59.8 Å². The van der Waals surface area contributed by atoms with E-state index in [1.165, 1.54) is 0 Å². The first-order valence-electron chi connectivity index (χ1n) is 7.83. The van der Waals surface area contributed by atoms with Crippen LogP contribution in [0.2, 0.25) is 0 Å². The molecule has 0 saturated carbocycles. The van der Waals surface area contributed by atoms with E-state index in [0.717, 1.165) is 37.6 Å². The van der Waals surface area contributed by atoms with Crippen LogP contribution >= 0.6 is 0 Å². The second-order valence-corrected chi connectivity index (χ2v) is 5.73. The van der Waals surface area contributed by atoms with Crippen LogP contribution in [0, 0.1) is 11.3 Å². The molecule has 1 aromatic heterocycles. The lowest BCUT2D eigenvalue weighted by atomic mass is 10.1. The fraction of sp³-hybridized carbons (Fsp3) is 0.333. The summed E-state index contributed by atoms with van der Waals surface area (Å²) < 4.78 is 0. The number of nitriles is 1. The Bertz CT molecular complexity index is 675. The van der Waals surface area contributed by atoms with E-state index in [2.05, 4.69) is 20.9 Å². The summed E-state index contributed by atoms with van der Waals surface area (Å²) in [6.45, 7) is 4.10. The van der Waals surface area contributed by atoms with Gasteiger partial charge in [-0.1, -0.05) is 30.3 Å². The summed E-state index contributed by atoms with van der Waals surface area (Å²) in [7, 11) is 0. The molecule has 1 N–H and O–H groups in total. The summed E-state index contributed by atoms with van der Waals surface area (Å²) in [4.78, 5) is 8.80. The highest BCUT2D eigenvalue weighted by atomic mass is 16.3. The normalized spacial score (nSPS) is 16.8. The van der Waals surface area contributed by atoms with Crippen LogP contribution in [0.4, 0.5) is 5.82 Å². The molecule has 3 rings (SSSR count). The first kappa shape index (κ1) is 15.5. The monoisotopic (exact) mass is 308 g/mol. The lowest BCUT2D eigenvalue weighted by molar-refractivity contribution is 0.109. The molecule has 5 nitrogen and oxygen atoms in total. The minimum absolute atomic E-state index is 0.456. The lowest BCUT2D eigenvalue weighted by Gasteiger charge is -2.36. The first-order chi connectivity index (χ1) is 11.3. The number of nitrogens with zero attached hydrogens (tertiary/aromatic N) is 4. The molecule has 0 radical (unpaired) electrons. The number of aliphatic hydroxyl groups is 1. The Hall–Kier alpha value is -2.42. The third-order valence-corrected chi connectivity index (χ3v) is 4.19. The predicted octanol–water partition coefficient (Wildman–Crippen LogP) is 1.81. The highest BCUT2D eigenvalue weighted by Gasteiger charge is 2.20. The van der Waals surface area contributed by atoms with Crippen molar-refractivity contribution in [3.63, 3.8) is 0 Å². The van der Waals surface area contributed by atoms with Gasteiger partial charge in [-0.2, -0.15) is 5.26 Å². The van der Waals surface area contributed by atoms with E-state index in [1.54, 1.807) is 12.3 Å². The molecule has 1 aliphatic rings. The summed E-state index contributed by atoms with van der Waals surface area (Å²) in [5.41, 5.74) is 1.59. The third-order valence-electron chi connectivity index (χ3n) is 4.19. The van der Waals surface area contributed by atoms with Crippen molar-refractivity contribution in [1.29, 1.82) is 5.26 Å². The molecule has 0 aliphatic carbocycles. The topological polar surface area (TPSA) is 63.4 Å². The molecular weight excluding hydrogens is 288 g/mol. The number of benzene rings is 1. The quantitative estimate of drug-likeness (QED) is 0.933. The van der Waals surface area contributed by atoms with Crippen LogP contribution in [0.3, 0.4) is 0 Å². The SMILES string of the molecule is N#Cc1ccnc(N2CCN(C[C@@H](O)c3ccccc3)CC2)c1. The van der Waals surface area contributed by atoms with Crippen molar-refractivity contribution >= 4 is 5.82 Å². The molecule has 2 aromatic rings. The van der Waals surface area contributed by atoms with E-state index in [0.29, 0.717) is 12.1 Å². The molecule has 0 spiro atoms. The lowest BCUT2D eigenvalue weighted by Crippen LogP contribution is -2.47. The Labute approximate surface area is 136 Å². The highest BCUT2D eigenvalue weighted by Crippen LogP contribution is 2.18. The smallest absolute Gasteiger partial charge is 0.129 e. The molecule has 23 heavy (non-hydrogen) atoms. The van der Waals surface area contributed by atoms with Crippen molar-refractivity contribution in [2.45, 2.75) is 6.10 Å². The van der Waals surface area contributed by atoms with Crippen LogP contribution in [-0.4, -0.2) is 47.7 Å². The average molecular weight is 308 g/mol. The van der Waals surface area contributed by atoms with E-state index >= 15 is 0 Å². The van der Waals surface area contributed by atoms with Gasteiger partial charge in [0.15, 0.2) is 0 Å². The number of pyridine rings is 1. The van der Waals surface area contributed by atoms with Gasteiger partial charge in [-0.25, -0.2) is 4.98 Å². The summed E-state index contributed by atoms with van der Waals surface area (Å²) in [6, 6.07) is 15.5. The van der Waals surface area contributed by atoms with Crippen LogP contribution < -0.4 is 4.90 Å². The maximum absolute atomic E-state index is 10.3. The van der Waals surface area contributed by atoms with Crippen LogP contribution in [0.5, 0.6) is 0 Å². The average Bonchev–Trinajstić information content (AvgIpc) is 2.63. The summed E-state index contributed by atoms with van der Waals surface area (Å²) in [5.74, 6) is 0.854. The molecule has 1 atom stereocenters. The standard InChI is InChI=1S/C18H20N4O/c19-13-15-6-7-20-18(12-15)22-10-8-21(9-11-22)14-17(23)16-4-2-1-3-5-16/h1-7,12,17,23H,8-11,14H2/t17-/m1/s1. The minimum Gasteiger partial charge on any atom is -0.387 e. The zero-order chi connectivity index (χ0) is 16.1. The third kappa shape index (κ3) is 3.86.